The maximum Gasteiger partial charge on any atom is 0.152 e. The van der Waals surface area contributed by atoms with Crippen LogP contribution in [0.5, 0.6) is 0 Å². The number of hydrazine groups is 1. The molecule has 3 aromatic rings. The van der Waals surface area contributed by atoms with E-state index >= 15 is 0 Å². The van der Waals surface area contributed by atoms with Gasteiger partial charge in [0.15, 0.2) is 5.82 Å². The van der Waals surface area contributed by atoms with Crippen LogP contribution in [0.4, 0.5) is 5.82 Å². The molecule has 102 valence electrons. The minimum absolute atomic E-state index is 0.687. The summed E-state index contributed by atoms with van der Waals surface area (Å²) < 4.78 is 1.07. The summed E-state index contributed by atoms with van der Waals surface area (Å²) in [6.07, 6.45) is 0.689. The molecule has 0 saturated carbocycles. The molecule has 2 heterocycles. The summed E-state index contributed by atoms with van der Waals surface area (Å²) in [5, 5.41) is 0.981. The van der Waals surface area contributed by atoms with Crippen molar-refractivity contribution in [3.63, 3.8) is 0 Å². The van der Waals surface area contributed by atoms with Crippen molar-refractivity contribution in [1.29, 1.82) is 0 Å². The quantitative estimate of drug-likeness (QED) is 0.560. The third kappa shape index (κ3) is 2.67. The van der Waals surface area contributed by atoms with E-state index in [0.717, 1.165) is 20.5 Å². The number of anilines is 1. The van der Waals surface area contributed by atoms with Gasteiger partial charge in [0.25, 0.3) is 0 Å². The number of aryl methyl sites for hydroxylation is 1. The summed E-state index contributed by atoms with van der Waals surface area (Å²) in [6.45, 7) is 2.06. The summed E-state index contributed by atoms with van der Waals surface area (Å²) in [6, 6.07) is 10.2. The van der Waals surface area contributed by atoms with Gasteiger partial charge >= 0.3 is 0 Å². The van der Waals surface area contributed by atoms with Gasteiger partial charge in [-0.1, -0.05) is 28.1 Å². The van der Waals surface area contributed by atoms with Gasteiger partial charge in [-0.05, 0) is 30.7 Å². The number of halogens is 1. The zero-order valence-corrected chi connectivity index (χ0v) is 13.3. The number of hydrogen-bond acceptors (Lipinski definition) is 5. The fraction of sp³-hybridized carbons (Fsp3) is 0.143. The van der Waals surface area contributed by atoms with Crippen LogP contribution in [0.2, 0.25) is 0 Å². The lowest BCUT2D eigenvalue weighted by atomic mass is 10.1. The predicted molar refractivity (Wildman–Crippen MR) is 86.9 cm³/mol. The number of nitrogens with zero attached hydrogens (tertiary/aromatic N) is 2. The monoisotopic (exact) mass is 348 g/mol. The number of nitrogen functional groups attached to an aromatic ring is 1. The van der Waals surface area contributed by atoms with E-state index in [-0.39, 0.29) is 0 Å². The van der Waals surface area contributed by atoms with Gasteiger partial charge in [0.1, 0.15) is 10.7 Å². The van der Waals surface area contributed by atoms with E-state index in [1.807, 2.05) is 12.1 Å². The minimum atomic E-state index is 0.687. The summed E-state index contributed by atoms with van der Waals surface area (Å²) in [7, 11) is 0. The van der Waals surface area contributed by atoms with Gasteiger partial charge in [0.2, 0.25) is 0 Å². The molecule has 0 unspecified atom stereocenters. The van der Waals surface area contributed by atoms with Crippen LogP contribution in [0.25, 0.3) is 10.2 Å². The third-order valence-corrected chi connectivity index (χ3v) is 4.45. The SMILES string of the molecule is Cc1cc2c(NN)nc(Cc3ccc(Br)cc3)nc2s1. The molecule has 0 aliphatic heterocycles. The highest BCUT2D eigenvalue weighted by Crippen LogP contribution is 2.28. The van der Waals surface area contributed by atoms with Crippen molar-refractivity contribution in [3.05, 3.63) is 51.1 Å². The van der Waals surface area contributed by atoms with E-state index < -0.39 is 0 Å². The van der Waals surface area contributed by atoms with E-state index in [1.54, 1.807) is 11.3 Å². The molecule has 0 saturated heterocycles. The Balaban J connectivity index is 2.00. The van der Waals surface area contributed by atoms with Gasteiger partial charge in [0, 0.05) is 15.8 Å². The second-order valence-electron chi connectivity index (χ2n) is 4.51. The molecule has 0 fully saturated rings. The Morgan fingerprint density at radius 2 is 2.00 bits per heavy atom. The van der Waals surface area contributed by atoms with Crippen molar-refractivity contribution in [1.82, 2.24) is 9.97 Å². The van der Waals surface area contributed by atoms with Crippen molar-refractivity contribution in [3.8, 4) is 0 Å². The molecule has 6 heteroatoms. The molecule has 2 aromatic heterocycles. The molecule has 4 nitrogen and oxygen atoms in total. The molecule has 20 heavy (non-hydrogen) atoms. The largest absolute Gasteiger partial charge is 0.308 e. The van der Waals surface area contributed by atoms with Gasteiger partial charge in [0.05, 0.1) is 5.39 Å². The van der Waals surface area contributed by atoms with Crippen LogP contribution in [0, 0.1) is 6.92 Å². The second kappa shape index (κ2) is 5.47. The van der Waals surface area contributed by atoms with E-state index in [0.29, 0.717) is 12.2 Å². The van der Waals surface area contributed by atoms with E-state index in [1.165, 1.54) is 10.4 Å². The first-order valence-corrected chi connectivity index (χ1v) is 7.75. The highest BCUT2D eigenvalue weighted by atomic mass is 79.9. The predicted octanol–water partition coefficient (Wildman–Crippen LogP) is 3.64. The van der Waals surface area contributed by atoms with Crippen LogP contribution in [-0.4, -0.2) is 9.97 Å². The fourth-order valence-electron chi connectivity index (χ4n) is 2.06. The maximum absolute atomic E-state index is 5.57. The average Bonchev–Trinajstić information content (AvgIpc) is 2.80. The molecule has 0 amide bonds. The highest BCUT2D eigenvalue weighted by molar-refractivity contribution is 9.10. The minimum Gasteiger partial charge on any atom is -0.308 e. The van der Waals surface area contributed by atoms with Crippen LogP contribution in [0.3, 0.4) is 0 Å². The Morgan fingerprint density at radius 3 is 2.70 bits per heavy atom. The normalized spacial score (nSPS) is 10.9. The third-order valence-electron chi connectivity index (χ3n) is 2.97. The molecular formula is C14H13BrN4S. The Hall–Kier alpha value is -1.50. The molecule has 1 aromatic carbocycles. The first-order valence-electron chi connectivity index (χ1n) is 6.14. The number of fused-ring (bicyclic) bond motifs is 1. The van der Waals surface area contributed by atoms with Gasteiger partial charge in [-0.2, -0.15) is 0 Å². The van der Waals surface area contributed by atoms with Gasteiger partial charge in [-0.3, -0.25) is 0 Å². The van der Waals surface area contributed by atoms with E-state index in [4.69, 9.17) is 5.84 Å². The van der Waals surface area contributed by atoms with Crippen LogP contribution < -0.4 is 11.3 Å². The topological polar surface area (TPSA) is 63.8 Å². The number of thiophene rings is 1. The maximum atomic E-state index is 5.57. The number of aromatic nitrogens is 2. The van der Waals surface area contributed by atoms with Crippen LogP contribution >= 0.6 is 27.3 Å². The van der Waals surface area contributed by atoms with Crippen molar-refractivity contribution < 1.29 is 0 Å². The lowest BCUT2D eigenvalue weighted by molar-refractivity contribution is 0.993. The van der Waals surface area contributed by atoms with E-state index in [2.05, 4.69) is 56.4 Å². The van der Waals surface area contributed by atoms with Crippen molar-refractivity contribution in [2.24, 2.45) is 5.84 Å². The molecule has 3 N–H and O–H groups in total. The van der Waals surface area contributed by atoms with Gasteiger partial charge < -0.3 is 5.43 Å². The number of nitrogens with two attached hydrogens (primary N) is 1. The molecule has 0 radical (unpaired) electrons. The van der Waals surface area contributed by atoms with Crippen molar-refractivity contribution in [2.45, 2.75) is 13.3 Å². The van der Waals surface area contributed by atoms with Crippen LogP contribution in [0.1, 0.15) is 16.3 Å². The molecular weight excluding hydrogens is 336 g/mol. The smallest absolute Gasteiger partial charge is 0.152 e. The molecule has 3 rings (SSSR count). The Morgan fingerprint density at radius 1 is 1.25 bits per heavy atom. The van der Waals surface area contributed by atoms with Crippen LogP contribution in [-0.2, 0) is 6.42 Å². The summed E-state index contributed by atoms with van der Waals surface area (Å²) in [4.78, 5) is 11.3. The Kier molecular flexibility index (Phi) is 3.69. The summed E-state index contributed by atoms with van der Waals surface area (Å²) in [5.41, 5.74) is 3.84. The highest BCUT2D eigenvalue weighted by Gasteiger charge is 2.10. The second-order valence-corrected chi connectivity index (χ2v) is 6.66. The molecule has 0 spiro atoms. The molecule has 0 atom stereocenters. The van der Waals surface area contributed by atoms with E-state index in [9.17, 15) is 0 Å². The number of benzene rings is 1. The van der Waals surface area contributed by atoms with Crippen molar-refractivity contribution in [2.75, 3.05) is 5.43 Å². The van der Waals surface area contributed by atoms with Crippen molar-refractivity contribution >= 4 is 43.3 Å². The molecule has 0 bridgehead atoms. The Labute approximate surface area is 129 Å². The zero-order valence-electron chi connectivity index (χ0n) is 10.9. The lowest BCUT2D eigenvalue weighted by Gasteiger charge is -2.05. The number of hydrogen-bond donors (Lipinski definition) is 2. The number of rotatable bonds is 3. The first kappa shape index (κ1) is 13.5. The zero-order chi connectivity index (χ0) is 14.1. The van der Waals surface area contributed by atoms with Gasteiger partial charge in [-0.25, -0.2) is 15.8 Å². The van der Waals surface area contributed by atoms with Crippen LogP contribution in [0.15, 0.2) is 34.8 Å². The standard InChI is InChI=1S/C14H13BrN4S/c1-8-6-11-13(19-16)17-12(18-14(11)20-8)7-9-2-4-10(15)5-3-9/h2-6H,7,16H2,1H3,(H,17,18,19). The molecule has 0 aliphatic carbocycles. The average molecular weight is 349 g/mol. The first-order chi connectivity index (χ1) is 9.65. The molecule has 0 aliphatic rings. The summed E-state index contributed by atoms with van der Waals surface area (Å²) in [5.74, 6) is 7.02. The fourth-order valence-corrected chi connectivity index (χ4v) is 3.22. The van der Waals surface area contributed by atoms with Gasteiger partial charge in [-0.15, -0.1) is 11.3 Å². The summed E-state index contributed by atoms with van der Waals surface area (Å²) >= 11 is 5.09. The lowest BCUT2D eigenvalue weighted by Crippen LogP contribution is -2.10. The Bertz CT molecular complexity index is 752. The number of nitrogens with one attached hydrogen (secondary N) is 1.